The maximum absolute atomic E-state index is 5.93. The molecule has 5 nitrogen and oxygen atoms in total. The van der Waals surface area contributed by atoms with E-state index in [-0.39, 0.29) is 0 Å². The van der Waals surface area contributed by atoms with Crippen molar-refractivity contribution in [3.8, 4) is 17.2 Å². The van der Waals surface area contributed by atoms with Crippen molar-refractivity contribution >= 4 is 11.4 Å². The van der Waals surface area contributed by atoms with Crippen LogP contribution in [0.15, 0.2) is 42.5 Å². The molecule has 2 aromatic carbocycles. The zero-order valence-corrected chi connectivity index (χ0v) is 14.5. The van der Waals surface area contributed by atoms with E-state index in [1.165, 1.54) is 32.4 Å². The van der Waals surface area contributed by atoms with Gasteiger partial charge in [-0.15, -0.1) is 0 Å². The predicted octanol–water partition coefficient (Wildman–Crippen LogP) is 3.80. The SMILES string of the molecule is Nc1ccc(Oc2ccccc2OCCCCC2CCNC2)cc1N. The Hall–Kier alpha value is -2.40. The van der Waals surface area contributed by atoms with Gasteiger partial charge in [-0.25, -0.2) is 0 Å². The summed E-state index contributed by atoms with van der Waals surface area (Å²) in [6.07, 6.45) is 4.84. The average Bonchev–Trinajstić information content (AvgIpc) is 3.13. The molecule has 0 radical (unpaired) electrons. The lowest BCUT2D eigenvalue weighted by Gasteiger charge is -2.13. The number of hydrogen-bond donors (Lipinski definition) is 3. The van der Waals surface area contributed by atoms with Crippen molar-refractivity contribution in [1.82, 2.24) is 5.32 Å². The molecule has 2 aromatic rings. The zero-order chi connectivity index (χ0) is 17.5. The molecule has 0 amide bonds. The molecule has 0 saturated carbocycles. The molecule has 1 atom stereocenters. The van der Waals surface area contributed by atoms with Gasteiger partial charge in [0.15, 0.2) is 11.5 Å². The molecule has 0 aliphatic carbocycles. The van der Waals surface area contributed by atoms with E-state index >= 15 is 0 Å². The van der Waals surface area contributed by atoms with Crippen molar-refractivity contribution < 1.29 is 9.47 Å². The highest BCUT2D eigenvalue weighted by Gasteiger charge is 2.13. The Balaban J connectivity index is 1.50. The minimum atomic E-state index is 0.511. The van der Waals surface area contributed by atoms with E-state index in [4.69, 9.17) is 20.9 Å². The number of hydrogen-bond acceptors (Lipinski definition) is 5. The quantitative estimate of drug-likeness (QED) is 0.502. The van der Waals surface area contributed by atoms with Gasteiger partial charge < -0.3 is 26.3 Å². The van der Waals surface area contributed by atoms with Crippen LogP contribution in [0.4, 0.5) is 11.4 Å². The number of benzene rings is 2. The van der Waals surface area contributed by atoms with Crippen molar-refractivity contribution in [1.29, 1.82) is 0 Å². The fraction of sp³-hybridized carbons (Fsp3) is 0.400. The van der Waals surface area contributed by atoms with Crippen molar-refractivity contribution in [3.05, 3.63) is 42.5 Å². The maximum Gasteiger partial charge on any atom is 0.169 e. The van der Waals surface area contributed by atoms with Gasteiger partial charge in [-0.3, -0.25) is 0 Å². The Morgan fingerprint density at radius 3 is 2.60 bits per heavy atom. The first-order chi connectivity index (χ1) is 12.2. The van der Waals surface area contributed by atoms with E-state index in [0.29, 0.717) is 29.5 Å². The van der Waals surface area contributed by atoms with E-state index in [9.17, 15) is 0 Å². The molecule has 1 unspecified atom stereocenters. The normalized spacial score (nSPS) is 16.7. The summed E-state index contributed by atoms with van der Waals surface area (Å²) >= 11 is 0. The van der Waals surface area contributed by atoms with E-state index in [1.54, 1.807) is 18.2 Å². The van der Waals surface area contributed by atoms with Gasteiger partial charge in [0.05, 0.1) is 18.0 Å². The molecule has 1 aliphatic rings. The molecule has 0 bridgehead atoms. The van der Waals surface area contributed by atoms with Crippen LogP contribution in [0.2, 0.25) is 0 Å². The molecule has 1 aliphatic heterocycles. The zero-order valence-electron chi connectivity index (χ0n) is 14.5. The number of nitrogens with one attached hydrogen (secondary N) is 1. The topological polar surface area (TPSA) is 82.5 Å². The Morgan fingerprint density at radius 2 is 1.84 bits per heavy atom. The number of rotatable bonds is 8. The summed E-state index contributed by atoms with van der Waals surface area (Å²) in [5, 5.41) is 3.41. The second kappa shape index (κ2) is 8.62. The molecule has 1 fully saturated rings. The fourth-order valence-corrected chi connectivity index (χ4v) is 3.08. The highest BCUT2D eigenvalue weighted by molar-refractivity contribution is 5.65. The minimum Gasteiger partial charge on any atom is -0.490 e. The van der Waals surface area contributed by atoms with Crippen LogP contribution >= 0.6 is 0 Å². The number of unbranched alkanes of at least 4 members (excludes halogenated alkanes) is 1. The molecular formula is C20H27N3O2. The number of nitrogen functional groups attached to an aromatic ring is 2. The molecule has 134 valence electrons. The van der Waals surface area contributed by atoms with Gasteiger partial charge in [0.1, 0.15) is 5.75 Å². The summed E-state index contributed by atoms with van der Waals surface area (Å²) in [5.74, 6) is 2.93. The van der Waals surface area contributed by atoms with Crippen LogP contribution in [0.25, 0.3) is 0 Å². The van der Waals surface area contributed by atoms with Crippen LogP contribution < -0.4 is 26.3 Å². The lowest BCUT2D eigenvalue weighted by atomic mass is 10.0. The molecule has 1 heterocycles. The van der Waals surface area contributed by atoms with Crippen LogP contribution in [0.3, 0.4) is 0 Å². The molecule has 5 N–H and O–H groups in total. The highest BCUT2D eigenvalue weighted by atomic mass is 16.5. The minimum absolute atomic E-state index is 0.511. The van der Waals surface area contributed by atoms with Gasteiger partial charge in [0.2, 0.25) is 0 Å². The van der Waals surface area contributed by atoms with Crippen LogP contribution in [0.1, 0.15) is 25.7 Å². The first kappa shape index (κ1) is 17.4. The third-order valence-electron chi connectivity index (χ3n) is 4.56. The fourth-order valence-electron chi connectivity index (χ4n) is 3.08. The summed E-state index contributed by atoms with van der Waals surface area (Å²) < 4.78 is 11.8. The van der Waals surface area contributed by atoms with Crippen molar-refractivity contribution in [2.45, 2.75) is 25.7 Å². The molecule has 3 rings (SSSR count). The summed E-state index contributed by atoms with van der Waals surface area (Å²) in [6, 6.07) is 13.0. The van der Waals surface area contributed by atoms with E-state index in [2.05, 4.69) is 5.32 Å². The van der Waals surface area contributed by atoms with Crippen molar-refractivity contribution in [3.63, 3.8) is 0 Å². The van der Waals surface area contributed by atoms with Crippen LogP contribution in [-0.4, -0.2) is 19.7 Å². The Kier molecular flexibility index (Phi) is 6.01. The van der Waals surface area contributed by atoms with E-state index < -0.39 is 0 Å². The third kappa shape index (κ3) is 5.03. The Labute approximate surface area is 149 Å². The van der Waals surface area contributed by atoms with Gasteiger partial charge in [0.25, 0.3) is 0 Å². The number of anilines is 2. The molecule has 1 saturated heterocycles. The molecular weight excluding hydrogens is 314 g/mol. The summed E-state index contributed by atoms with van der Waals surface area (Å²) in [7, 11) is 0. The highest BCUT2D eigenvalue weighted by Crippen LogP contribution is 2.33. The second-order valence-corrected chi connectivity index (χ2v) is 6.54. The van der Waals surface area contributed by atoms with Gasteiger partial charge in [-0.1, -0.05) is 12.1 Å². The monoisotopic (exact) mass is 341 g/mol. The standard InChI is InChI=1S/C20H27N3O2/c21-17-9-8-16(13-18(17)22)25-20-7-2-1-6-19(20)24-12-4-3-5-15-10-11-23-14-15/h1-2,6-9,13,15,23H,3-5,10-12,14,21-22H2. The lowest BCUT2D eigenvalue weighted by Crippen LogP contribution is -2.09. The van der Waals surface area contributed by atoms with Gasteiger partial charge in [-0.2, -0.15) is 0 Å². The largest absolute Gasteiger partial charge is 0.490 e. The second-order valence-electron chi connectivity index (χ2n) is 6.54. The van der Waals surface area contributed by atoms with Crippen LogP contribution in [0.5, 0.6) is 17.2 Å². The van der Waals surface area contributed by atoms with Gasteiger partial charge in [-0.05, 0) is 69.0 Å². The predicted molar refractivity (Wildman–Crippen MR) is 102 cm³/mol. The first-order valence-corrected chi connectivity index (χ1v) is 8.98. The summed E-state index contributed by atoms with van der Waals surface area (Å²) in [4.78, 5) is 0. The average molecular weight is 341 g/mol. The molecule has 0 spiro atoms. The van der Waals surface area contributed by atoms with Crippen molar-refractivity contribution in [2.75, 3.05) is 31.2 Å². The molecule has 0 aromatic heterocycles. The first-order valence-electron chi connectivity index (χ1n) is 8.98. The Bertz CT molecular complexity index is 684. The Morgan fingerprint density at radius 1 is 1.00 bits per heavy atom. The van der Waals surface area contributed by atoms with Crippen LogP contribution in [-0.2, 0) is 0 Å². The van der Waals surface area contributed by atoms with Gasteiger partial charge in [0, 0.05) is 6.07 Å². The lowest BCUT2D eigenvalue weighted by molar-refractivity contribution is 0.288. The number of ether oxygens (including phenoxy) is 2. The summed E-state index contributed by atoms with van der Waals surface area (Å²) in [5.41, 5.74) is 12.6. The third-order valence-corrected chi connectivity index (χ3v) is 4.56. The molecule has 25 heavy (non-hydrogen) atoms. The summed E-state index contributed by atoms with van der Waals surface area (Å²) in [6.45, 7) is 3.04. The number of para-hydroxylation sites is 2. The van der Waals surface area contributed by atoms with Crippen LogP contribution in [0, 0.1) is 5.92 Å². The van der Waals surface area contributed by atoms with E-state index in [1.807, 2.05) is 24.3 Å². The number of nitrogens with two attached hydrogens (primary N) is 2. The van der Waals surface area contributed by atoms with E-state index in [0.717, 1.165) is 18.1 Å². The van der Waals surface area contributed by atoms with Crippen molar-refractivity contribution in [2.24, 2.45) is 5.92 Å². The van der Waals surface area contributed by atoms with Gasteiger partial charge >= 0.3 is 0 Å². The smallest absolute Gasteiger partial charge is 0.169 e. The maximum atomic E-state index is 5.93. The molecule has 5 heteroatoms.